The average molecular weight is 237 g/mol. The fourth-order valence-electron chi connectivity index (χ4n) is 0. The summed E-state index contributed by atoms with van der Waals surface area (Å²) in [7, 11) is -3.64. The van der Waals surface area contributed by atoms with Gasteiger partial charge < -0.3 is 9.79 Å². The fourth-order valence-corrected chi connectivity index (χ4v) is 0. The molecule has 0 amide bonds. The van der Waals surface area contributed by atoms with Crippen molar-refractivity contribution >= 4 is 7.60 Å². The summed E-state index contributed by atoms with van der Waals surface area (Å²) in [5.41, 5.74) is 0. The van der Waals surface area contributed by atoms with Crippen molar-refractivity contribution in [1.29, 1.82) is 0 Å². The monoisotopic (exact) mass is 237 g/mol. The molecule has 2 N–H and O–H groups in total. The van der Waals surface area contributed by atoms with E-state index in [1.54, 1.807) is 0 Å². The maximum Gasteiger partial charge on any atom is 0.322 e. The van der Waals surface area contributed by atoms with Crippen molar-refractivity contribution in [1.82, 2.24) is 0 Å². The van der Waals surface area contributed by atoms with Crippen LogP contribution in [-0.4, -0.2) is 16.5 Å². The Hall–Kier alpha value is 1.51. The van der Waals surface area contributed by atoms with E-state index >= 15 is 0 Å². The van der Waals surface area contributed by atoms with Crippen molar-refractivity contribution in [2.75, 3.05) is 6.66 Å². The Balaban J connectivity index is 0. The van der Waals surface area contributed by atoms with Crippen molar-refractivity contribution in [2.45, 2.75) is 0 Å². The molecule has 0 rings (SSSR count). The predicted octanol–water partition coefficient (Wildman–Crippen LogP) is -0.206. The fraction of sp³-hybridized carbons (Fsp3) is 1.00. The second-order valence-electron chi connectivity index (χ2n) is 0.835. The summed E-state index contributed by atoms with van der Waals surface area (Å²) in [6, 6.07) is 0. The van der Waals surface area contributed by atoms with Crippen molar-refractivity contribution < 1.29 is 55.6 Å². The van der Waals surface area contributed by atoms with Gasteiger partial charge in [-0.15, -0.1) is 0 Å². The zero-order valence-corrected chi connectivity index (χ0v) is 7.93. The van der Waals surface area contributed by atoms with Gasteiger partial charge in [0.15, 0.2) is 0 Å². The van der Waals surface area contributed by atoms with Gasteiger partial charge in [-0.25, -0.2) is 0 Å². The minimum atomic E-state index is -3.64. The second-order valence-corrected chi connectivity index (χ2v) is 2.51. The van der Waals surface area contributed by atoms with Crippen LogP contribution in [0.15, 0.2) is 0 Å². The molecule has 6 heavy (non-hydrogen) atoms. The molecular weight excluding hydrogens is 232 g/mol. The van der Waals surface area contributed by atoms with Crippen molar-refractivity contribution in [3.8, 4) is 0 Å². The summed E-state index contributed by atoms with van der Waals surface area (Å²) in [6.07, 6.45) is 0. The zero-order chi connectivity index (χ0) is 4.50. The molecule has 0 heterocycles. The summed E-state index contributed by atoms with van der Waals surface area (Å²) in [4.78, 5) is 15.3. The maximum absolute atomic E-state index is 9.33. The van der Waals surface area contributed by atoms with Gasteiger partial charge in [-0.1, -0.05) is 0 Å². The minimum Gasteiger partial charge on any atom is -0.325 e. The van der Waals surface area contributed by atoms with Crippen LogP contribution in [0.4, 0.5) is 0 Å². The molecule has 3 nitrogen and oxygen atoms in total. The smallest absolute Gasteiger partial charge is 0.322 e. The van der Waals surface area contributed by atoms with Crippen molar-refractivity contribution in [3.63, 3.8) is 0 Å². The number of hydrogen-bond donors (Lipinski definition) is 2. The molecule has 0 aliphatic heterocycles. The summed E-state index contributed by atoms with van der Waals surface area (Å²) in [5, 5.41) is 0. The molecule has 0 atom stereocenters. The first-order chi connectivity index (χ1) is 2.00. The largest absolute Gasteiger partial charge is 0.325 e. The zero-order valence-electron chi connectivity index (χ0n) is 3.33. The molecule has 35 valence electrons. The Labute approximate surface area is 69.2 Å². The van der Waals surface area contributed by atoms with Crippen LogP contribution in [-0.2, 0) is 4.57 Å². The van der Waals surface area contributed by atoms with Crippen LogP contribution in [0.2, 0.25) is 0 Å². The second kappa shape index (κ2) is 3.51. The average Bonchev–Trinajstić information content (AvgIpc) is 0.722. The van der Waals surface area contributed by atoms with Crippen LogP contribution in [0.25, 0.3) is 0 Å². The van der Waals surface area contributed by atoms with Gasteiger partial charge in [0.1, 0.15) is 0 Å². The van der Waals surface area contributed by atoms with Crippen LogP contribution in [0.5, 0.6) is 0 Å². The molecule has 0 unspecified atom stereocenters. The molecular formula is CH5O3PPr. The minimum absolute atomic E-state index is 0. The van der Waals surface area contributed by atoms with E-state index < -0.39 is 7.60 Å². The summed E-state index contributed by atoms with van der Waals surface area (Å²) in [5.74, 6) is 0. The van der Waals surface area contributed by atoms with E-state index in [1.165, 1.54) is 0 Å². The van der Waals surface area contributed by atoms with Gasteiger partial charge in [-0.05, 0) is 0 Å². The van der Waals surface area contributed by atoms with Gasteiger partial charge in [0.25, 0.3) is 0 Å². The molecule has 0 aromatic rings. The molecule has 5 heteroatoms. The Bertz CT molecular complexity index is 56.9. The van der Waals surface area contributed by atoms with Gasteiger partial charge in [-0.3, -0.25) is 4.57 Å². The third-order valence-electron chi connectivity index (χ3n) is 0. The van der Waals surface area contributed by atoms with Gasteiger partial charge in [0.05, 0.1) is 0 Å². The molecule has 1 radical (unpaired) electrons. The summed E-state index contributed by atoms with van der Waals surface area (Å²) >= 11 is 0. The van der Waals surface area contributed by atoms with Crippen molar-refractivity contribution in [2.24, 2.45) is 0 Å². The number of hydrogen-bond acceptors (Lipinski definition) is 1. The standard InChI is InChI=1S/CH5O3P.Pr/c1-5(2,3)4;/h1H3,(H2,2,3,4);. The van der Waals surface area contributed by atoms with E-state index in [0.29, 0.717) is 0 Å². The molecule has 0 aromatic carbocycles. The molecule has 0 aromatic heterocycles. The van der Waals surface area contributed by atoms with E-state index in [4.69, 9.17) is 9.79 Å². The first-order valence-electron chi connectivity index (χ1n) is 1.03. The quantitative estimate of drug-likeness (QED) is 0.573. The topological polar surface area (TPSA) is 57.5 Å². The molecule has 0 bridgehead atoms. The Morgan fingerprint density at radius 1 is 1.50 bits per heavy atom. The first-order valence-corrected chi connectivity index (χ1v) is 3.09. The summed E-state index contributed by atoms with van der Waals surface area (Å²) in [6.45, 7) is 0.854. The van der Waals surface area contributed by atoms with E-state index in [1.807, 2.05) is 0 Å². The molecule has 0 aliphatic carbocycles. The molecule has 0 saturated heterocycles. The van der Waals surface area contributed by atoms with Gasteiger partial charge in [0, 0.05) is 48.0 Å². The molecule has 0 spiro atoms. The molecule has 0 aliphatic rings. The Kier molecular flexibility index (Phi) is 6.13. The molecule has 0 fully saturated rings. The predicted molar refractivity (Wildman–Crippen MR) is 18.0 cm³/mol. The summed E-state index contributed by atoms with van der Waals surface area (Å²) < 4.78 is 9.33. The maximum atomic E-state index is 9.33. The van der Waals surface area contributed by atoms with Crippen LogP contribution in [0, 0.1) is 41.3 Å². The van der Waals surface area contributed by atoms with E-state index in [-0.39, 0.29) is 41.3 Å². The Morgan fingerprint density at radius 3 is 1.50 bits per heavy atom. The van der Waals surface area contributed by atoms with Crippen LogP contribution < -0.4 is 0 Å². The van der Waals surface area contributed by atoms with E-state index in [0.717, 1.165) is 6.66 Å². The normalized spacial score (nSPS) is 9.83. The van der Waals surface area contributed by atoms with Crippen LogP contribution in [0.1, 0.15) is 0 Å². The van der Waals surface area contributed by atoms with Crippen molar-refractivity contribution in [3.05, 3.63) is 0 Å². The number of rotatable bonds is 0. The van der Waals surface area contributed by atoms with Gasteiger partial charge >= 0.3 is 7.60 Å². The third-order valence-corrected chi connectivity index (χ3v) is 0. The van der Waals surface area contributed by atoms with Gasteiger partial charge in [-0.2, -0.15) is 0 Å². The van der Waals surface area contributed by atoms with Gasteiger partial charge in [0.2, 0.25) is 0 Å². The molecule has 0 saturated carbocycles. The van der Waals surface area contributed by atoms with E-state index in [2.05, 4.69) is 0 Å². The van der Waals surface area contributed by atoms with Crippen LogP contribution >= 0.6 is 7.60 Å². The Morgan fingerprint density at radius 2 is 1.50 bits per heavy atom. The SMILES string of the molecule is CP(=O)(O)O.[Pr]. The first kappa shape index (κ1) is 10.5. The van der Waals surface area contributed by atoms with E-state index in [9.17, 15) is 4.57 Å². The van der Waals surface area contributed by atoms with Crippen LogP contribution in [0.3, 0.4) is 0 Å². The third kappa shape index (κ3) is 49.0.